The van der Waals surface area contributed by atoms with Crippen molar-refractivity contribution in [2.75, 3.05) is 19.6 Å². The summed E-state index contributed by atoms with van der Waals surface area (Å²) in [6.45, 7) is 6.66. The van der Waals surface area contributed by atoms with Crippen LogP contribution in [0, 0.1) is 5.92 Å². The van der Waals surface area contributed by atoms with E-state index in [9.17, 15) is 8.42 Å². The van der Waals surface area contributed by atoms with Crippen molar-refractivity contribution in [3.05, 3.63) is 18.0 Å². The van der Waals surface area contributed by atoms with Gasteiger partial charge in [0.25, 0.3) is 10.2 Å². The Morgan fingerprint density at radius 3 is 2.71 bits per heavy atom. The van der Waals surface area contributed by atoms with Gasteiger partial charge in [-0.05, 0) is 25.3 Å². The molecule has 1 aliphatic rings. The molecule has 0 radical (unpaired) electrons. The van der Waals surface area contributed by atoms with Gasteiger partial charge in [0.15, 0.2) is 0 Å². The summed E-state index contributed by atoms with van der Waals surface area (Å²) in [5, 5.41) is 9.89. The zero-order chi connectivity index (χ0) is 15.3. The van der Waals surface area contributed by atoms with E-state index < -0.39 is 10.2 Å². The summed E-state index contributed by atoms with van der Waals surface area (Å²) in [7, 11) is -3.39. The Morgan fingerprint density at radius 1 is 1.43 bits per heavy atom. The van der Waals surface area contributed by atoms with Gasteiger partial charge in [-0.3, -0.25) is 5.10 Å². The molecule has 1 aromatic heterocycles. The van der Waals surface area contributed by atoms with Crippen LogP contribution in [0.15, 0.2) is 12.4 Å². The van der Waals surface area contributed by atoms with Crippen molar-refractivity contribution in [1.29, 1.82) is 0 Å². The Kier molecular flexibility index (Phi) is 5.74. The zero-order valence-corrected chi connectivity index (χ0v) is 13.5. The third-order valence-electron chi connectivity index (χ3n) is 3.74. The van der Waals surface area contributed by atoms with Crippen molar-refractivity contribution in [2.45, 2.75) is 39.3 Å². The molecule has 8 heteroatoms. The Labute approximate surface area is 126 Å². The molecule has 2 heterocycles. The maximum atomic E-state index is 12.2. The summed E-state index contributed by atoms with van der Waals surface area (Å²) in [5.74, 6) is 0.563. The first-order valence-electron chi connectivity index (χ1n) is 7.43. The van der Waals surface area contributed by atoms with Gasteiger partial charge in [-0.2, -0.15) is 22.5 Å². The Bertz CT molecular complexity index is 507. The highest BCUT2D eigenvalue weighted by atomic mass is 32.2. The number of nitrogens with one attached hydrogen (secondary N) is 3. The summed E-state index contributed by atoms with van der Waals surface area (Å²) in [5.41, 5.74) is 0.828. The second-order valence-electron chi connectivity index (χ2n) is 5.84. The van der Waals surface area contributed by atoms with E-state index in [0.29, 0.717) is 25.0 Å². The van der Waals surface area contributed by atoms with Gasteiger partial charge >= 0.3 is 0 Å². The van der Waals surface area contributed by atoms with Crippen LogP contribution in [0.5, 0.6) is 0 Å². The maximum Gasteiger partial charge on any atom is 0.279 e. The number of piperidine rings is 1. The zero-order valence-electron chi connectivity index (χ0n) is 12.7. The van der Waals surface area contributed by atoms with Gasteiger partial charge in [-0.25, -0.2) is 0 Å². The van der Waals surface area contributed by atoms with E-state index in [0.717, 1.165) is 24.9 Å². The van der Waals surface area contributed by atoms with Crippen LogP contribution in [0.4, 0.5) is 0 Å². The number of H-pyrrole nitrogens is 1. The Balaban J connectivity index is 1.77. The number of hydrogen-bond acceptors (Lipinski definition) is 4. The highest BCUT2D eigenvalue weighted by Gasteiger charge is 2.27. The van der Waals surface area contributed by atoms with Crippen LogP contribution in [0.3, 0.4) is 0 Å². The summed E-state index contributed by atoms with van der Waals surface area (Å²) in [6, 6.07) is 0.475. The van der Waals surface area contributed by atoms with E-state index in [1.165, 1.54) is 0 Å². The van der Waals surface area contributed by atoms with Crippen LogP contribution < -0.4 is 10.0 Å². The van der Waals surface area contributed by atoms with E-state index in [2.05, 4.69) is 34.1 Å². The van der Waals surface area contributed by atoms with Gasteiger partial charge in [-0.15, -0.1) is 0 Å². The number of hydrogen-bond donors (Lipinski definition) is 3. The van der Waals surface area contributed by atoms with Gasteiger partial charge < -0.3 is 5.32 Å². The first-order chi connectivity index (χ1) is 9.97. The second kappa shape index (κ2) is 7.35. The van der Waals surface area contributed by atoms with E-state index in [1.807, 2.05) is 0 Å². The lowest BCUT2D eigenvalue weighted by molar-refractivity contribution is 0.261. The fourth-order valence-corrected chi connectivity index (χ4v) is 3.62. The van der Waals surface area contributed by atoms with Crippen molar-refractivity contribution in [3.63, 3.8) is 0 Å². The van der Waals surface area contributed by atoms with E-state index in [4.69, 9.17) is 0 Å². The fourth-order valence-electron chi connectivity index (χ4n) is 2.40. The van der Waals surface area contributed by atoms with Gasteiger partial charge in [0.2, 0.25) is 0 Å². The Hall–Kier alpha value is -0.960. The molecule has 0 spiro atoms. The highest BCUT2D eigenvalue weighted by molar-refractivity contribution is 7.87. The molecule has 1 fully saturated rings. The number of nitrogens with zero attached hydrogens (tertiary/aromatic N) is 2. The Morgan fingerprint density at radius 2 is 2.14 bits per heavy atom. The van der Waals surface area contributed by atoms with Crippen LogP contribution in [0.2, 0.25) is 0 Å². The molecule has 0 saturated carbocycles. The van der Waals surface area contributed by atoms with Crippen molar-refractivity contribution < 1.29 is 8.42 Å². The topological polar surface area (TPSA) is 90.1 Å². The molecule has 120 valence electrons. The maximum absolute atomic E-state index is 12.2. The third kappa shape index (κ3) is 5.06. The van der Waals surface area contributed by atoms with E-state index in [1.54, 1.807) is 16.7 Å². The van der Waals surface area contributed by atoms with Gasteiger partial charge in [-0.1, -0.05) is 13.8 Å². The monoisotopic (exact) mass is 315 g/mol. The van der Waals surface area contributed by atoms with Gasteiger partial charge in [0.1, 0.15) is 0 Å². The minimum Gasteiger partial charge on any atom is -0.314 e. The normalized spacial score (nSPS) is 18.4. The molecule has 1 aliphatic heterocycles. The minimum absolute atomic E-state index is 0.271. The van der Waals surface area contributed by atoms with Crippen LogP contribution in [-0.4, -0.2) is 48.6 Å². The van der Waals surface area contributed by atoms with Crippen LogP contribution in [0.25, 0.3) is 0 Å². The van der Waals surface area contributed by atoms with Gasteiger partial charge in [0, 0.05) is 37.4 Å². The molecule has 1 saturated heterocycles. The number of aromatic nitrogens is 2. The lowest BCUT2D eigenvalue weighted by Gasteiger charge is -2.31. The molecule has 0 aromatic carbocycles. The van der Waals surface area contributed by atoms with Gasteiger partial charge in [0.05, 0.1) is 6.20 Å². The average Bonchev–Trinajstić information content (AvgIpc) is 2.97. The van der Waals surface area contributed by atoms with Crippen molar-refractivity contribution >= 4 is 10.2 Å². The summed E-state index contributed by atoms with van der Waals surface area (Å²) in [4.78, 5) is 0. The van der Waals surface area contributed by atoms with Crippen molar-refractivity contribution in [1.82, 2.24) is 24.5 Å². The molecule has 0 bridgehead atoms. The van der Waals surface area contributed by atoms with Crippen LogP contribution >= 0.6 is 0 Å². The number of aromatic amines is 1. The van der Waals surface area contributed by atoms with Crippen LogP contribution in [0.1, 0.15) is 32.3 Å². The predicted molar refractivity (Wildman–Crippen MR) is 81.8 cm³/mol. The third-order valence-corrected chi connectivity index (χ3v) is 5.30. The fraction of sp³-hybridized carbons (Fsp3) is 0.769. The molecule has 7 nitrogen and oxygen atoms in total. The lowest BCUT2D eigenvalue weighted by Crippen LogP contribution is -2.46. The summed E-state index contributed by atoms with van der Waals surface area (Å²) in [6.07, 6.45) is 5.12. The smallest absolute Gasteiger partial charge is 0.279 e. The molecule has 0 aliphatic carbocycles. The van der Waals surface area contributed by atoms with Crippen LogP contribution in [-0.2, 0) is 16.8 Å². The first-order valence-corrected chi connectivity index (χ1v) is 8.87. The molecule has 0 atom stereocenters. The quantitative estimate of drug-likeness (QED) is 0.681. The molecule has 0 amide bonds. The van der Waals surface area contributed by atoms with Crippen molar-refractivity contribution in [3.8, 4) is 0 Å². The predicted octanol–water partition coefficient (Wildman–Crippen LogP) is 0.454. The summed E-state index contributed by atoms with van der Waals surface area (Å²) >= 11 is 0. The average molecular weight is 315 g/mol. The first kappa shape index (κ1) is 16.4. The molecule has 0 unspecified atom stereocenters. The van der Waals surface area contributed by atoms with E-state index >= 15 is 0 Å². The standard InChI is InChI=1S/C13H25N5O2S/c1-11(2)14-7-12-3-5-18(6-4-12)21(19,20)17-10-13-8-15-16-9-13/h8-9,11-12,14,17H,3-7,10H2,1-2H3,(H,15,16). The van der Waals surface area contributed by atoms with Crippen molar-refractivity contribution in [2.24, 2.45) is 5.92 Å². The molecule has 1 aromatic rings. The largest absolute Gasteiger partial charge is 0.314 e. The minimum atomic E-state index is -3.39. The molecule has 2 rings (SSSR count). The molecule has 3 N–H and O–H groups in total. The SMILES string of the molecule is CC(C)NCC1CCN(S(=O)(=O)NCc2cn[nH]c2)CC1. The molecular formula is C13H25N5O2S. The highest BCUT2D eigenvalue weighted by Crippen LogP contribution is 2.18. The molecule has 21 heavy (non-hydrogen) atoms. The summed E-state index contributed by atoms with van der Waals surface area (Å²) < 4.78 is 28.6. The van der Waals surface area contributed by atoms with E-state index in [-0.39, 0.29) is 6.54 Å². The lowest BCUT2D eigenvalue weighted by atomic mass is 9.98. The molecular weight excluding hydrogens is 290 g/mol. The number of rotatable bonds is 7. The second-order valence-corrected chi connectivity index (χ2v) is 7.59.